The summed E-state index contributed by atoms with van der Waals surface area (Å²) in [5, 5.41) is 0. The molecule has 6 heteroatoms. The zero-order chi connectivity index (χ0) is 18.2. The molecule has 0 spiro atoms. The van der Waals surface area contributed by atoms with Crippen LogP contribution in [0.5, 0.6) is 0 Å². The van der Waals surface area contributed by atoms with Crippen LogP contribution >= 0.6 is 0 Å². The number of aliphatic imine (C=N–C) groups is 2. The third-order valence-corrected chi connectivity index (χ3v) is 4.54. The minimum absolute atomic E-state index is 0.133. The summed E-state index contributed by atoms with van der Waals surface area (Å²) in [4.78, 5) is 13.8. The van der Waals surface area contributed by atoms with Crippen molar-refractivity contribution >= 4 is 11.7 Å². The highest BCUT2D eigenvalue weighted by atomic mass is 16.5. The Labute approximate surface area is 151 Å². The van der Waals surface area contributed by atoms with E-state index in [9.17, 15) is 0 Å². The van der Waals surface area contributed by atoms with Crippen LogP contribution in [0.25, 0.3) is 0 Å². The molecule has 2 aliphatic heterocycles. The summed E-state index contributed by atoms with van der Waals surface area (Å²) < 4.78 is 11.6. The van der Waals surface area contributed by atoms with Gasteiger partial charge in [-0.3, -0.25) is 4.99 Å². The van der Waals surface area contributed by atoms with Gasteiger partial charge in [-0.05, 0) is 45.9 Å². The van der Waals surface area contributed by atoms with Crippen molar-refractivity contribution in [2.45, 2.75) is 33.3 Å². The van der Waals surface area contributed by atoms with E-state index in [0.717, 1.165) is 50.0 Å². The van der Waals surface area contributed by atoms with Gasteiger partial charge in [-0.2, -0.15) is 0 Å². The first-order chi connectivity index (χ1) is 12.0. The Morgan fingerprint density at radius 1 is 1.40 bits per heavy atom. The summed E-state index contributed by atoms with van der Waals surface area (Å²) >= 11 is 0. The molecule has 0 aromatic carbocycles. The molecule has 0 aromatic rings. The van der Waals surface area contributed by atoms with Crippen molar-refractivity contribution in [3.05, 3.63) is 23.5 Å². The fourth-order valence-electron chi connectivity index (χ4n) is 3.01. The van der Waals surface area contributed by atoms with Gasteiger partial charge in [0.15, 0.2) is 6.10 Å². The highest BCUT2D eigenvalue weighted by molar-refractivity contribution is 5.98. The second kappa shape index (κ2) is 9.73. The molecule has 0 aliphatic carbocycles. The number of hydrogen-bond acceptors (Lipinski definition) is 6. The molecule has 2 heterocycles. The average Bonchev–Trinajstić information content (AvgIpc) is 2.67. The molecule has 0 amide bonds. The highest BCUT2D eigenvalue weighted by Gasteiger charge is 2.23. The number of allylic oxidation sites excluding steroid dienone is 1. The van der Waals surface area contributed by atoms with E-state index < -0.39 is 0 Å². The third-order valence-electron chi connectivity index (χ3n) is 4.54. The summed E-state index contributed by atoms with van der Waals surface area (Å²) in [6.45, 7) is 11.1. The average molecular weight is 348 g/mol. The molecular formula is C19H32N4O2. The summed E-state index contributed by atoms with van der Waals surface area (Å²) in [5.41, 5.74) is 1.28. The third kappa shape index (κ3) is 5.68. The van der Waals surface area contributed by atoms with E-state index in [2.05, 4.69) is 47.8 Å². The van der Waals surface area contributed by atoms with Crippen LogP contribution in [0.4, 0.5) is 0 Å². The van der Waals surface area contributed by atoms with Crippen molar-refractivity contribution < 1.29 is 9.47 Å². The molecule has 1 unspecified atom stereocenters. The molecule has 0 radical (unpaired) electrons. The molecule has 2 aliphatic rings. The highest BCUT2D eigenvalue weighted by Crippen LogP contribution is 2.22. The summed E-state index contributed by atoms with van der Waals surface area (Å²) in [5.74, 6) is 2.66. The van der Waals surface area contributed by atoms with Crippen molar-refractivity contribution in [3.8, 4) is 0 Å². The topological polar surface area (TPSA) is 49.7 Å². The Bertz CT molecular complexity index is 566. The monoisotopic (exact) mass is 348 g/mol. The van der Waals surface area contributed by atoms with Gasteiger partial charge in [-0.15, -0.1) is 0 Å². The van der Waals surface area contributed by atoms with Crippen LogP contribution in [0, 0.1) is 0 Å². The minimum Gasteiger partial charge on any atom is -0.483 e. The van der Waals surface area contributed by atoms with Crippen molar-refractivity contribution in [2.24, 2.45) is 9.98 Å². The van der Waals surface area contributed by atoms with Crippen molar-refractivity contribution in [1.29, 1.82) is 0 Å². The summed E-state index contributed by atoms with van der Waals surface area (Å²) in [6, 6.07) is 0. The number of nitrogens with zero attached hydrogens (tertiary/aromatic N) is 4. The van der Waals surface area contributed by atoms with Crippen LogP contribution in [0.3, 0.4) is 0 Å². The lowest BCUT2D eigenvalue weighted by atomic mass is 10.1. The maximum absolute atomic E-state index is 6.36. The number of methoxy groups -OCH3 is 1. The fourth-order valence-corrected chi connectivity index (χ4v) is 3.01. The molecule has 0 bridgehead atoms. The molecule has 0 saturated carbocycles. The van der Waals surface area contributed by atoms with Gasteiger partial charge in [0.25, 0.3) is 0 Å². The smallest absolute Gasteiger partial charge is 0.153 e. The zero-order valence-corrected chi connectivity index (χ0v) is 16.3. The summed E-state index contributed by atoms with van der Waals surface area (Å²) in [6.07, 6.45) is 5.22. The zero-order valence-electron chi connectivity index (χ0n) is 16.3. The molecule has 2 rings (SSSR count). The largest absolute Gasteiger partial charge is 0.483 e. The van der Waals surface area contributed by atoms with Gasteiger partial charge in [-0.25, -0.2) is 4.99 Å². The van der Waals surface area contributed by atoms with Gasteiger partial charge in [0.2, 0.25) is 0 Å². The van der Waals surface area contributed by atoms with Crippen LogP contribution < -0.4 is 0 Å². The molecule has 0 aromatic heterocycles. The molecule has 25 heavy (non-hydrogen) atoms. The fraction of sp³-hybridized carbons (Fsp3) is 0.684. The lowest BCUT2D eigenvalue weighted by molar-refractivity contribution is 0.154. The lowest BCUT2D eigenvalue weighted by Crippen LogP contribution is -2.41. The van der Waals surface area contributed by atoms with Crippen LogP contribution in [-0.2, 0) is 9.47 Å². The predicted molar refractivity (Wildman–Crippen MR) is 103 cm³/mol. The van der Waals surface area contributed by atoms with Gasteiger partial charge >= 0.3 is 0 Å². The number of amidine groups is 2. The Balaban J connectivity index is 2.23. The van der Waals surface area contributed by atoms with Gasteiger partial charge in [0.1, 0.15) is 17.4 Å². The van der Waals surface area contributed by atoms with E-state index in [1.165, 1.54) is 5.57 Å². The molecule has 0 N–H and O–H groups in total. The number of ether oxygens (including phenoxy) is 2. The quantitative estimate of drug-likeness (QED) is 0.765. The van der Waals surface area contributed by atoms with Crippen LogP contribution in [-0.4, -0.2) is 81.1 Å². The Hall–Kier alpha value is -1.66. The van der Waals surface area contributed by atoms with Crippen molar-refractivity contribution in [2.75, 3.05) is 53.5 Å². The first-order valence-electron chi connectivity index (χ1n) is 9.13. The van der Waals surface area contributed by atoms with E-state index in [4.69, 9.17) is 14.5 Å². The predicted octanol–water partition coefficient (Wildman–Crippen LogP) is 2.34. The second-order valence-corrected chi connectivity index (χ2v) is 6.50. The maximum Gasteiger partial charge on any atom is 0.153 e. The van der Waals surface area contributed by atoms with Crippen LogP contribution in [0.15, 0.2) is 33.5 Å². The molecule has 0 saturated heterocycles. The Morgan fingerprint density at radius 2 is 2.20 bits per heavy atom. The number of hydrogen-bond donors (Lipinski definition) is 0. The lowest BCUT2D eigenvalue weighted by Gasteiger charge is -2.30. The maximum atomic E-state index is 6.36. The molecule has 0 fully saturated rings. The minimum atomic E-state index is -0.133. The van der Waals surface area contributed by atoms with Gasteiger partial charge in [0, 0.05) is 33.3 Å². The van der Waals surface area contributed by atoms with E-state index in [1.807, 2.05) is 6.92 Å². The van der Waals surface area contributed by atoms with Crippen molar-refractivity contribution in [3.63, 3.8) is 0 Å². The number of likely N-dealkylation sites (N-methyl/N-ethyl adjacent to an activating group) is 2. The summed E-state index contributed by atoms with van der Waals surface area (Å²) in [7, 11) is 3.86. The Kier molecular flexibility index (Phi) is 7.65. The van der Waals surface area contributed by atoms with E-state index in [1.54, 1.807) is 7.11 Å². The van der Waals surface area contributed by atoms with Crippen molar-refractivity contribution in [1.82, 2.24) is 9.80 Å². The first-order valence-corrected chi connectivity index (χ1v) is 9.13. The van der Waals surface area contributed by atoms with E-state index in [-0.39, 0.29) is 6.10 Å². The van der Waals surface area contributed by atoms with Crippen LogP contribution in [0.1, 0.15) is 27.2 Å². The van der Waals surface area contributed by atoms with Crippen LogP contribution in [0.2, 0.25) is 0 Å². The second-order valence-electron chi connectivity index (χ2n) is 6.50. The molecule has 6 nitrogen and oxygen atoms in total. The standard InChI is InChI=1S/C19H32N4O2/c1-6-23(13-14-24-5)19-15(2)25-18(7-10-20-16(3)21-19)17-8-11-22(4)12-9-17/h7-8,15H,6,9-14H2,1-5H3/b18-7-,20-16?,21-19?. The molecular weight excluding hydrogens is 316 g/mol. The van der Waals surface area contributed by atoms with Gasteiger partial charge in [0.05, 0.1) is 13.2 Å². The molecule has 1 atom stereocenters. The van der Waals surface area contributed by atoms with Gasteiger partial charge in [-0.1, -0.05) is 6.08 Å². The first kappa shape index (κ1) is 19.7. The molecule has 140 valence electrons. The van der Waals surface area contributed by atoms with E-state index >= 15 is 0 Å². The van der Waals surface area contributed by atoms with Gasteiger partial charge < -0.3 is 19.3 Å². The van der Waals surface area contributed by atoms with E-state index in [0.29, 0.717) is 13.2 Å². The number of rotatable bonds is 5. The SMILES string of the molecule is CCN(CCOC)C1=NC(C)=NC/C=C(/C2=CCN(C)CC2)OC1C. The normalized spacial score (nSPS) is 24.6. The Morgan fingerprint density at radius 3 is 2.84 bits per heavy atom.